The first-order chi connectivity index (χ1) is 10.5. The molecule has 112 valence electrons. The van der Waals surface area contributed by atoms with Gasteiger partial charge in [-0.1, -0.05) is 0 Å². The van der Waals surface area contributed by atoms with Gasteiger partial charge < -0.3 is 8.98 Å². The average Bonchev–Trinajstić information content (AvgIpc) is 3.17. The van der Waals surface area contributed by atoms with Gasteiger partial charge in [0.05, 0.1) is 11.3 Å². The van der Waals surface area contributed by atoms with Gasteiger partial charge in [0.2, 0.25) is 0 Å². The van der Waals surface area contributed by atoms with Crippen molar-refractivity contribution in [1.29, 1.82) is 0 Å². The zero-order chi connectivity index (χ0) is 15.7. The maximum atomic E-state index is 12.9. The van der Waals surface area contributed by atoms with Crippen LogP contribution in [0.15, 0.2) is 59.3 Å². The quantitative estimate of drug-likeness (QED) is 0.664. The van der Waals surface area contributed by atoms with E-state index in [0.29, 0.717) is 12.0 Å². The van der Waals surface area contributed by atoms with Crippen LogP contribution in [0.25, 0.3) is 17.0 Å². The first-order valence-corrected chi connectivity index (χ1v) is 6.39. The lowest BCUT2D eigenvalue weighted by molar-refractivity contribution is -0.137. The molecule has 0 fully saturated rings. The third kappa shape index (κ3) is 2.55. The third-order valence-corrected chi connectivity index (χ3v) is 3.21. The van der Waals surface area contributed by atoms with Crippen molar-refractivity contribution < 1.29 is 22.4 Å². The van der Waals surface area contributed by atoms with E-state index in [4.69, 9.17) is 4.42 Å². The number of aldehydes is 1. The van der Waals surface area contributed by atoms with Gasteiger partial charge in [0, 0.05) is 18.0 Å². The predicted molar refractivity (Wildman–Crippen MR) is 73.9 cm³/mol. The Morgan fingerprint density at radius 1 is 1.05 bits per heavy atom. The molecule has 0 N–H and O–H groups in total. The van der Waals surface area contributed by atoms with Gasteiger partial charge in [-0.15, -0.1) is 0 Å². The number of furan rings is 1. The zero-order valence-electron chi connectivity index (χ0n) is 11.2. The number of benzene rings is 1. The minimum absolute atomic E-state index is 0.0610. The molecule has 0 amide bonds. The lowest BCUT2D eigenvalue weighted by Crippen LogP contribution is -2.06. The van der Waals surface area contributed by atoms with Crippen molar-refractivity contribution in [2.45, 2.75) is 6.18 Å². The highest BCUT2D eigenvalue weighted by Gasteiger charge is 2.31. The van der Waals surface area contributed by atoms with Gasteiger partial charge in [0.15, 0.2) is 12.0 Å². The number of carbonyl (C=O) groups excluding carboxylic acids is 1. The van der Waals surface area contributed by atoms with Crippen molar-refractivity contribution in [3.8, 4) is 17.0 Å². The van der Waals surface area contributed by atoms with Crippen molar-refractivity contribution in [2.75, 3.05) is 0 Å². The number of alkyl halides is 3. The number of halogens is 3. The maximum Gasteiger partial charge on any atom is 0.416 e. The summed E-state index contributed by atoms with van der Waals surface area (Å²) >= 11 is 0. The molecular weight excluding hydrogens is 295 g/mol. The fraction of sp³-hybridized carbons (Fsp3) is 0.0625. The van der Waals surface area contributed by atoms with E-state index in [9.17, 15) is 18.0 Å². The minimum Gasteiger partial charge on any atom is -0.453 e. The van der Waals surface area contributed by atoms with E-state index < -0.39 is 11.7 Å². The highest BCUT2D eigenvalue weighted by molar-refractivity contribution is 5.75. The van der Waals surface area contributed by atoms with Gasteiger partial charge >= 0.3 is 6.18 Å². The summed E-state index contributed by atoms with van der Waals surface area (Å²) in [6.45, 7) is 0. The Balaban J connectivity index is 2.20. The molecule has 3 rings (SSSR count). The van der Waals surface area contributed by atoms with Gasteiger partial charge in [-0.25, -0.2) is 0 Å². The highest BCUT2D eigenvalue weighted by Crippen LogP contribution is 2.36. The molecule has 1 aromatic carbocycles. The summed E-state index contributed by atoms with van der Waals surface area (Å²) in [7, 11) is 0. The average molecular weight is 305 g/mol. The van der Waals surface area contributed by atoms with Gasteiger partial charge in [0.25, 0.3) is 0 Å². The van der Waals surface area contributed by atoms with Gasteiger partial charge in [-0.05, 0) is 42.5 Å². The Hall–Kier alpha value is -2.76. The molecule has 0 atom stereocenters. The molecule has 2 heterocycles. The van der Waals surface area contributed by atoms with E-state index in [1.807, 2.05) is 0 Å². The fourth-order valence-corrected chi connectivity index (χ4v) is 2.19. The minimum atomic E-state index is -4.45. The number of hydrogen-bond acceptors (Lipinski definition) is 2. The van der Waals surface area contributed by atoms with Crippen LogP contribution in [-0.4, -0.2) is 10.9 Å². The number of nitrogens with zero attached hydrogens (tertiary/aromatic N) is 1. The van der Waals surface area contributed by atoms with E-state index in [1.165, 1.54) is 18.2 Å². The fourth-order valence-electron chi connectivity index (χ4n) is 2.19. The molecule has 0 unspecified atom stereocenters. The second-order valence-corrected chi connectivity index (χ2v) is 4.64. The second kappa shape index (κ2) is 5.22. The summed E-state index contributed by atoms with van der Waals surface area (Å²) < 4.78 is 45.8. The van der Waals surface area contributed by atoms with Gasteiger partial charge in [0.1, 0.15) is 5.76 Å². The lowest BCUT2D eigenvalue weighted by Gasteiger charge is -2.13. The molecule has 2 aromatic heterocycles. The standard InChI is InChI=1S/C16H10F3NO2/c17-16(18,19)11-3-5-14(20-7-1-2-8-20)13(9-11)15-6-4-12(10-21)22-15/h1-10H. The predicted octanol–water partition coefficient (Wildman–Crippen LogP) is 4.57. The molecule has 0 saturated heterocycles. The number of hydrogen-bond donors (Lipinski definition) is 0. The van der Waals surface area contributed by atoms with Crippen molar-refractivity contribution >= 4 is 6.29 Å². The molecule has 3 aromatic rings. The lowest BCUT2D eigenvalue weighted by atomic mass is 10.1. The second-order valence-electron chi connectivity index (χ2n) is 4.64. The molecule has 0 aliphatic heterocycles. The third-order valence-electron chi connectivity index (χ3n) is 3.21. The monoisotopic (exact) mass is 305 g/mol. The van der Waals surface area contributed by atoms with Crippen molar-refractivity contribution in [3.05, 3.63) is 66.2 Å². The summed E-state index contributed by atoms with van der Waals surface area (Å²) in [5.74, 6) is 0.266. The molecule has 0 bridgehead atoms. The van der Waals surface area contributed by atoms with E-state index in [0.717, 1.165) is 12.1 Å². The van der Waals surface area contributed by atoms with Gasteiger partial charge in [-0.2, -0.15) is 13.2 Å². The Labute approximate surface area is 123 Å². The van der Waals surface area contributed by atoms with Gasteiger partial charge in [-0.3, -0.25) is 4.79 Å². The number of rotatable bonds is 3. The molecule has 6 heteroatoms. The molecule has 0 saturated carbocycles. The Morgan fingerprint density at radius 2 is 1.77 bits per heavy atom. The molecule has 0 spiro atoms. The van der Waals surface area contributed by atoms with Crippen LogP contribution in [0.2, 0.25) is 0 Å². The normalized spacial score (nSPS) is 11.6. The van der Waals surface area contributed by atoms with Crippen LogP contribution >= 0.6 is 0 Å². The van der Waals surface area contributed by atoms with Crippen LogP contribution in [-0.2, 0) is 6.18 Å². The van der Waals surface area contributed by atoms with Crippen LogP contribution in [0, 0.1) is 0 Å². The van der Waals surface area contributed by atoms with Crippen LogP contribution in [0.1, 0.15) is 16.1 Å². The smallest absolute Gasteiger partial charge is 0.416 e. The topological polar surface area (TPSA) is 35.1 Å². The van der Waals surface area contributed by atoms with E-state index in [-0.39, 0.29) is 17.1 Å². The Bertz CT molecular complexity index is 801. The van der Waals surface area contributed by atoms with E-state index >= 15 is 0 Å². The Morgan fingerprint density at radius 3 is 2.36 bits per heavy atom. The summed E-state index contributed by atoms with van der Waals surface area (Å²) in [5.41, 5.74) is 0.0198. The zero-order valence-corrected chi connectivity index (χ0v) is 11.2. The van der Waals surface area contributed by atoms with E-state index in [2.05, 4.69) is 0 Å². The summed E-state index contributed by atoms with van der Waals surface area (Å²) in [6, 6.07) is 9.83. The van der Waals surface area contributed by atoms with Crippen LogP contribution in [0.4, 0.5) is 13.2 Å². The highest BCUT2D eigenvalue weighted by atomic mass is 19.4. The molecule has 22 heavy (non-hydrogen) atoms. The van der Waals surface area contributed by atoms with Crippen LogP contribution < -0.4 is 0 Å². The summed E-state index contributed by atoms with van der Waals surface area (Å²) in [5, 5.41) is 0. The molecule has 0 aliphatic rings. The first kappa shape index (κ1) is 14.2. The van der Waals surface area contributed by atoms with Crippen molar-refractivity contribution in [1.82, 2.24) is 4.57 Å². The SMILES string of the molecule is O=Cc1ccc(-c2cc(C(F)(F)F)ccc2-n2cccc2)o1. The maximum absolute atomic E-state index is 12.9. The van der Waals surface area contributed by atoms with Crippen LogP contribution in [0.3, 0.4) is 0 Å². The van der Waals surface area contributed by atoms with Crippen molar-refractivity contribution in [2.24, 2.45) is 0 Å². The molecular formula is C16H10F3NO2. The first-order valence-electron chi connectivity index (χ1n) is 6.39. The molecule has 3 nitrogen and oxygen atoms in total. The number of carbonyl (C=O) groups is 1. The molecule has 0 aliphatic carbocycles. The van der Waals surface area contributed by atoms with Crippen LogP contribution in [0.5, 0.6) is 0 Å². The molecule has 0 radical (unpaired) electrons. The Kier molecular flexibility index (Phi) is 3.36. The summed E-state index contributed by atoms with van der Waals surface area (Å²) in [4.78, 5) is 10.7. The summed E-state index contributed by atoms with van der Waals surface area (Å²) in [6.07, 6.45) is -0.512. The van der Waals surface area contributed by atoms with E-state index in [1.54, 1.807) is 29.1 Å². The number of aromatic nitrogens is 1. The largest absolute Gasteiger partial charge is 0.453 e. The van der Waals surface area contributed by atoms with Crippen molar-refractivity contribution in [3.63, 3.8) is 0 Å².